The van der Waals surface area contributed by atoms with E-state index >= 15 is 0 Å². The minimum absolute atomic E-state index is 0.212. The highest BCUT2D eigenvalue weighted by atomic mass is 16.5. The molecule has 2 bridgehead atoms. The fourth-order valence-corrected chi connectivity index (χ4v) is 3.00. The average Bonchev–Trinajstić information content (AvgIpc) is 2.74. The molecule has 5 heteroatoms. The van der Waals surface area contributed by atoms with Gasteiger partial charge in [-0.3, -0.25) is 4.79 Å². The summed E-state index contributed by atoms with van der Waals surface area (Å²) in [6, 6.07) is 7.95. The number of rotatable bonds is 4. The Kier molecular flexibility index (Phi) is 3.89. The number of anilines is 1. The summed E-state index contributed by atoms with van der Waals surface area (Å²) in [5.74, 6) is 1.27. The maximum atomic E-state index is 10.4. The third kappa shape index (κ3) is 2.78. The Labute approximate surface area is 118 Å². The van der Waals surface area contributed by atoms with Gasteiger partial charge in [-0.2, -0.15) is 0 Å². The number of amides is 1. The molecule has 108 valence electrons. The van der Waals surface area contributed by atoms with Crippen LogP contribution in [0.25, 0.3) is 0 Å². The first-order chi connectivity index (χ1) is 9.76. The monoisotopic (exact) mass is 276 g/mol. The first-order valence-corrected chi connectivity index (χ1v) is 7.01. The smallest absolute Gasteiger partial charge is 0.211 e. The van der Waals surface area contributed by atoms with Gasteiger partial charge in [0.25, 0.3) is 0 Å². The Bertz CT molecular complexity index is 463. The fourth-order valence-electron chi connectivity index (χ4n) is 3.00. The van der Waals surface area contributed by atoms with E-state index in [1.807, 2.05) is 24.3 Å². The molecule has 0 aromatic heterocycles. The van der Waals surface area contributed by atoms with Gasteiger partial charge in [0.2, 0.25) is 6.41 Å². The number of nitrogens with one attached hydrogen (secondary N) is 1. The number of ether oxygens (including phenoxy) is 2. The van der Waals surface area contributed by atoms with Crippen LogP contribution in [-0.2, 0) is 9.53 Å². The van der Waals surface area contributed by atoms with E-state index in [0.29, 0.717) is 18.4 Å². The number of fused-ring (bicyclic) bond motifs is 4. The second kappa shape index (κ2) is 5.81. The number of carbonyl (C=O) groups excluding carboxylic acids is 1. The van der Waals surface area contributed by atoms with Gasteiger partial charge in [-0.1, -0.05) is 0 Å². The van der Waals surface area contributed by atoms with Crippen molar-refractivity contribution < 1.29 is 14.3 Å². The molecule has 5 nitrogen and oxygen atoms in total. The summed E-state index contributed by atoms with van der Waals surface area (Å²) in [5, 5.41) is 2.62. The molecule has 1 amide bonds. The second-order valence-electron chi connectivity index (χ2n) is 5.57. The van der Waals surface area contributed by atoms with Crippen molar-refractivity contribution in [3.05, 3.63) is 24.3 Å². The standard InChI is InChI=1S/C15H20N2O3/c1-17-7-11-8-19-9-13(17)6-15(11)20-14-4-2-12(3-5-14)16-10-18/h2-5,10-11,13,15H,6-9H2,1H3,(H,16,18)/t11-,13-,15-/m0/s1. The Morgan fingerprint density at radius 3 is 2.90 bits per heavy atom. The van der Waals surface area contributed by atoms with E-state index in [1.165, 1.54) is 0 Å². The van der Waals surface area contributed by atoms with E-state index < -0.39 is 0 Å². The van der Waals surface area contributed by atoms with E-state index in [9.17, 15) is 4.79 Å². The van der Waals surface area contributed by atoms with Crippen LogP contribution in [0.4, 0.5) is 5.69 Å². The predicted molar refractivity (Wildman–Crippen MR) is 75.9 cm³/mol. The van der Waals surface area contributed by atoms with Crippen molar-refractivity contribution in [1.29, 1.82) is 0 Å². The third-order valence-electron chi connectivity index (χ3n) is 4.19. The molecule has 0 unspecified atom stereocenters. The zero-order chi connectivity index (χ0) is 13.9. The van der Waals surface area contributed by atoms with E-state index in [0.717, 1.165) is 37.6 Å². The van der Waals surface area contributed by atoms with Crippen LogP contribution < -0.4 is 10.1 Å². The molecule has 0 saturated carbocycles. The number of carbonyl (C=O) groups is 1. The van der Waals surface area contributed by atoms with E-state index in [4.69, 9.17) is 9.47 Å². The lowest BCUT2D eigenvalue weighted by Gasteiger charge is -2.38. The van der Waals surface area contributed by atoms with Gasteiger partial charge in [-0.25, -0.2) is 0 Å². The molecule has 3 aliphatic rings. The van der Waals surface area contributed by atoms with Crippen molar-refractivity contribution in [2.75, 3.05) is 32.1 Å². The molecular weight excluding hydrogens is 256 g/mol. The molecular formula is C15H20N2O3. The Morgan fingerprint density at radius 1 is 1.35 bits per heavy atom. The number of nitrogens with zero attached hydrogens (tertiary/aromatic N) is 1. The number of hydrogen-bond donors (Lipinski definition) is 1. The van der Waals surface area contributed by atoms with Gasteiger partial charge in [0.1, 0.15) is 11.9 Å². The lowest BCUT2D eigenvalue weighted by Crippen LogP contribution is -2.49. The molecule has 0 radical (unpaired) electrons. The highest BCUT2D eigenvalue weighted by Crippen LogP contribution is 2.29. The molecule has 4 rings (SSSR count). The van der Waals surface area contributed by atoms with Crippen LogP contribution in [-0.4, -0.2) is 50.3 Å². The number of hydrogen-bond acceptors (Lipinski definition) is 4. The minimum atomic E-state index is 0.212. The normalized spacial score (nSPS) is 29.8. The maximum absolute atomic E-state index is 10.4. The van der Waals surface area contributed by atoms with E-state index in [1.54, 1.807) is 0 Å². The van der Waals surface area contributed by atoms with Crippen LogP contribution in [0.2, 0.25) is 0 Å². The van der Waals surface area contributed by atoms with Crippen molar-refractivity contribution in [3.8, 4) is 5.75 Å². The molecule has 1 aromatic rings. The lowest BCUT2D eigenvalue weighted by molar-refractivity contribution is -0.105. The van der Waals surface area contributed by atoms with Crippen molar-refractivity contribution >= 4 is 12.1 Å². The van der Waals surface area contributed by atoms with Crippen molar-refractivity contribution in [1.82, 2.24) is 4.90 Å². The maximum Gasteiger partial charge on any atom is 0.211 e. The van der Waals surface area contributed by atoms with Crippen molar-refractivity contribution in [2.24, 2.45) is 5.92 Å². The highest BCUT2D eigenvalue weighted by Gasteiger charge is 2.38. The second-order valence-corrected chi connectivity index (χ2v) is 5.57. The molecule has 1 aromatic carbocycles. The van der Waals surface area contributed by atoms with Gasteiger partial charge >= 0.3 is 0 Å². The van der Waals surface area contributed by atoms with E-state index in [2.05, 4.69) is 17.3 Å². The number of benzene rings is 1. The molecule has 0 spiro atoms. The van der Waals surface area contributed by atoms with E-state index in [-0.39, 0.29) is 6.10 Å². The summed E-state index contributed by atoms with van der Waals surface area (Å²) in [4.78, 5) is 12.7. The molecule has 3 saturated heterocycles. The molecule has 0 aliphatic carbocycles. The summed E-state index contributed by atoms with van der Waals surface area (Å²) in [6.07, 6.45) is 1.89. The molecule has 3 atom stereocenters. The van der Waals surface area contributed by atoms with Crippen LogP contribution >= 0.6 is 0 Å². The fraction of sp³-hybridized carbons (Fsp3) is 0.533. The first-order valence-electron chi connectivity index (χ1n) is 7.01. The van der Waals surface area contributed by atoms with Crippen LogP contribution in [0, 0.1) is 5.92 Å². The van der Waals surface area contributed by atoms with Crippen LogP contribution in [0.5, 0.6) is 5.75 Å². The van der Waals surface area contributed by atoms with Crippen molar-refractivity contribution in [3.63, 3.8) is 0 Å². The Morgan fingerprint density at radius 2 is 2.15 bits per heavy atom. The van der Waals surface area contributed by atoms with Gasteiger partial charge in [-0.05, 0) is 31.3 Å². The van der Waals surface area contributed by atoms with Gasteiger partial charge in [0.05, 0.1) is 13.2 Å². The topological polar surface area (TPSA) is 50.8 Å². The van der Waals surface area contributed by atoms with Gasteiger partial charge in [0.15, 0.2) is 0 Å². The Hall–Kier alpha value is -1.59. The highest BCUT2D eigenvalue weighted by molar-refractivity contribution is 5.71. The SMILES string of the molecule is CN1C[C@H]2COC[C@@H]1C[C@@H]2Oc1ccc(NC=O)cc1. The van der Waals surface area contributed by atoms with Gasteiger partial charge in [-0.15, -0.1) is 0 Å². The number of likely N-dealkylation sites (N-methyl/N-ethyl adjacent to an activating group) is 1. The summed E-state index contributed by atoms with van der Waals surface area (Å²) in [5.41, 5.74) is 0.776. The molecule has 3 fully saturated rings. The quantitative estimate of drug-likeness (QED) is 0.844. The Balaban J connectivity index is 1.67. The van der Waals surface area contributed by atoms with Gasteiger partial charge in [0, 0.05) is 30.6 Å². The lowest BCUT2D eigenvalue weighted by atomic mass is 9.92. The third-order valence-corrected chi connectivity index (χ3v) is 4.19. The zero-order valence-corrected chi connectivity index (χ0v) is 11.6. The molecule has 1 N–H and O–H groups in total. The largest absolute Gasteiger partial charge is 0.490 e. The summed E-state index contributed by atoms with van der Waals surface area (Å²) in [6.45, 7) is 2.60. The molecule has 3 aliphatic heterocycles. The zero-order valence-electron chi connectivity index (χ0n) is 11.6. The van der Waals surface area contributed by atoms with Crippen molar-refractivity contribution in [2.45, 2.75) is 18.6 Å². The summed E-state index contributed by atoms with van der Waals surface area (Å²) >= 11 is 0. The average molecular weight is 276 g/mol. The molecule has 20 heavy (non-hydrogen) atoms. The minimum Gasteiger partial charge on any atom is -0.490 e. The van der Waals surface area contributed by atoms with Crippen LogP contribution in [0.1, 0.15) is 6.42 Å². The predicted octanol–water partition coefficient (Wildman–Crippen LogP) is 1.35. The first kappa shape index (κ1) is 13.4. The van der Waals surface area contributed by atoms with Crippen LogP contribution in [0.15, 0.2) is 24.3 Å². The molecule has 3 heterocycles. The summed E-state index contributed by atoms with van der Waals surface area (Å²) in [7, 11) is 2.16. The number of piperidine rings is 1. The van der Waals surface area contributed by atoms with Crippen LogP contribution in [0.3, 0.4) is 0 Å². The summed E-state index contributed by atoms with van der Waals surface area (Å²) < 4.78 is 11.8. The van der Waals surface area contributed by atoms with Gasteiger partial charge < -0.3 is 19.7 Å².